The van der Waals surface area contributed by atoms with Crippen LogP contribution >= 0.6 is 0 Å². The zero-order valence-electron chi connectivity index (χ0n) is 15.6. The highest BCUT2D eigenvalue weighted by Gasteiger charge is 2.60. The number of azide groups is 1. The van der Waals surface area contributed by atoms with Gasteiger partial charge < -0.3 is 10.6 Å². The van der Waals surface area contributed by atoms with Gasteiger partial charge in [-0.3, -0.25) is 9.59 Å². The van der Waals surface area contributed by atoms with Crippen molar-refractivity contribution in [2.24, 2.45) is 22.9 Å². The molecule has 0 radical (unpaired) electrons. The van der Waals surface area contributed by atoms with Gasteiger partial charge in [0, 0.05) is 23.4 Å². The average Bonchev–Trinajstić information content (AvgIpc) is 2.95. The predicted molar refractivity (Wildman–Crippen MR) is 96.5 cm³/mol. The number of nitrogens with zero attached hydrogens (tertiary/aromatic N) is 3. The van der Waals surface area contributed by atoms with Gasteiger partial charge in [-0.25, -0.2) is 0 Å². The monoisotopic (exact) mass is 347 g/mol. The Labute approximate surface area is 149 Å². The van der Waals surface area contributed by atoms with E-state index in [4.69, 9.17) is 5.53 Å². The van der Waals surface area contributed by atoms with Gasteiger partial charge in [-0.05, 0) is 69.7 Å². The average molecular weight is 347 g/mol. The van der Waals surface area contributed by atoms with Crippen LogP contribution in [0.15, 0.2) is 17.8 Å². The van der Waals surface area contributed by atoms with Crippen LogP contribution in [0, 0.1) is 17.8 Å². The quantitative estimate of drug-likeness (QED) is 0.345. The SMILES string of the molecule is C=CC[C@H]1[C@@H]2C[C@@H](N=[N+]=[N-])C[C@@H]2C[C@@]1(NC(C)=O)C(=O)NC(C)(C)C. The normalized spacial score (nSPS) is 33.9. The van der Waals surface area contributed by atoms with E-state index in [-0.39, 0.29) is 41.1 Å². The number of carbonyl (C=O) groups excluding carboxylic acids is 2. The molecule has 0 aliphatic heterocycles. The second kappa shape index (κ2) is 7.08. The highest BCUT2D eigenvalue weighted by Crippen LogP contribution is 2.54. The van der Waals surface area contributed by atoms with Crippen molar-refractivity contribution in [1.82, 2.24) is 10.6 Å². The number of amides is 2. The first-order valence-corrected chi connectivity index (χ1v) is 8.89. The zero-order chi connectivity index (χ0) is 18.8. The van der Waals surface area contributed by atoms with Crippen LogP contribution in [-0.4, -0.2) is 28.9 Å². The van der Waals surface area contributed by atoms with Crippen LogP contribution in [0.1, 0.15) is 53.4 Å². The first-order chi connectivity index (χ1) is 11.6. The van der Waals surface area contributed by atoms with E-state index < -0.39 is 5.54 Å². The fourth-order valence-electron chi connectivity index (χ4n) is 4.74. The van der Waals surface area contributed by atoms with E-state index in [1.165, 1.54) is 6.92 Å². The Bertz CT molecular complexity index is 605. The maximum Gasteiger partial charge on any atom is 0.246 e. The molecule has 2 fully saturated rings. The van der Waals surface area contributed by atoms with Crippen molar-refractivity contribution in [3.8, 4) is 0 Å². The second-order valence-corrected chi connectivity index (χ2v) is 8.45. The van der Waals surface area contributed by atoms with Gasteiger partial charge in [-0.15, -0.1) is 6.58 Å². The van der Waals surface area contributed by atoms with Crippen LogP contribution < -0.4 is 10.6 Å². The summed E-state index contributed by atoms with van der Waals surface area (Å²) in [6, 6.07) is -0.0201. The molecule has 2 saturated carbocycles. The van der Waals surface area contributed by atoms with Gasteiger partial charge in [0.2, 0.25) is 11.8 Å². The Kier molecular flexibility index (Phi) is 5.47. The number of hydrogen-bond donors (Lipinski definition) is 2. The van der Waals surface area contributed by atoms with Crippen LogP contribution in [0.3, 0.4) is 0 Å². The minimum atomic E-state index is -0.927. The molecule has 2 aliphatic carbocycles. The minimum Gasteiger partial charge on any atom is -0.349 e. The van der Waals surface area contributed by atoms with Crippen molar-refractivity contribution in [1.29, 1.82) is 0 Å². The maximum absolute atomic E-state index is 13.2. The summed E-state index contributed by atoms with van der Waals surface area (Å²) in [5, 5.41) is 9.92. The van der Waals surface area contributed by atoms with Gasteiger partial charge in [-0.1, -0.05) is 11.2 Å². The summed E-state index contributed by atoms with van der Waals surface area (Å²) in [5.74, 6) is 0.130. The van der Waals surface area contributed by atoms with Gasteiger partial charge in [0.15, 0.2) is 0 Å². The number of fused-ring (bicyclic) bond motifs is 1. The highest BCUT2D eigenvalue weighted by molar-refractivity contribution is 5.92. The summed E-state index contributed by atoms with van der Waals surface area (Å²) in [4.78, 5) is 28.1. The summed E-state index contributed by atoms with van der Waals surface area (Å²) >= 11 is 0. The Morgan fingerprint density at radius 3 is 2.60 bits per heavy atom. The molecule has 0 heterocycles. The second-order valence-electron chi connectivity index (χ2n) is 8.45. The summed E-state index contributed by atoms with van der Waals surface area (Å²) in [5.41, 5.74) is 7.41. The summed E-state index contributed by atoms with van der Waals surface area (Å²) in [7, 11) is 0. The standard InChI is InChI=1S/C18H29N5O2/c1-6-7-15-14-9-13(22-23-19)8-12(14)10-18(15,20-11(2)24)16(25)21-17(3,4)5/h6,12-15H,1,7-10H2,2-5H3,(H,20,24)(H,21,25)/t12-,13+,14-,15+,18+/m1/s1. The van der Waals surface area contributed by atoms with E-state index >= 15 is 0 Å². The van der Waals surface area contributed by atoms with Crippen LogP contribution in [0.4, 0.5) is 0 Å². The number of allylic oxidation sites excluding steroid dienone is 1. The van der Waals surface area contributed by atoms with Gasteiger partial charge in [0.05, 0.1) is 0 Å². The van der Waals surface area contributed by atoms with Gasteiger partial charge in [0.25, 0.3) is 0 Å². The van der Waals surface area contributed by atoms with Crippen molar-refractivity contribution >= 4 is 11.8 Å². The molecule has 0 spiro atoms. The van der Waals surface area contributed by atoms with Crippen LogP contribution in [0.2, 0.25) is 0 Å². The van der Waals surface area contributed by atoms with Gasteiger partial charge >= 0.3 is 0 Å². The smallest absolute Gasteiger partial charge is 0.246 e. The van der Waals surface area contributed by atoms with Crippen molar-refractivity contribution in [2.45, 2.75) is 70.5 Å². The molecule has 7 heteroatoms. The third-order valence-electron chi connectivity index (χ3n) is 5.39. The lowest BCUT2D eigenvalue weighted by molar-refractivity contribution is -0.136. The molecule has 2 amide bonds. The first-order valence-electron chi connectivity index (χ1n) is 8.89. The van der Waals surface area contributed by atoms with Crippen molar-refractivity contribution in [3.05, 3.63) is 23.1 Å². The number of hydrogen-bond acceptors (Lipinski definition) is 3. The largest absolute Gasteiger partial charge is 0.349 e. The van der Waals surface area contributed by atoms with E-state index in [9.17, 15) is 9.59 Å². The van der Waals surface area contributed by atoms with Crippen molar-refractivity contribution < 1.29 is 9.59 Å². The minimum absolute atomic E-state index is 0.0201. The molecule has 0 aromatic carbocycles. The van der Waals surface area contributed by atoms with E-state index in [0.29, 0.717) is 12.8 Å². The predicted octanol–water partition coefficient (Wildman–Crippen LogP) is 3.08. The number of nitrogens with one attached hydrogen (secondary N) is 2. The molecule has 138 valence electrons. The van der Waals surface area contributed by atoms with Crippen LogP contribution in [0.25, 0.3) is 10.4 Å². The first kappa shape index (κ1) is 19.3. The number of rotatable bonds is 5. The molecular formula is C18H29N5O2. The van der Waals surface area contributed by atoms with Crippen molar-refractivity contribution in [3.63, 3.8) is 0 Å². The fraction of sp³-hybridized carbons (Fsp3) is 0.778. The van der Waals surface area contributed by atoms with Crippen LogP contribution in [-0.2, 0) is 9.59 Å². The third-order valence-corrected chi connectivity index (χ3v) is 5.39. The number of carbonyl (C=O) groups is 2. The Hall–Kier alpha value is -2.01. The lowest BCUT2D eigenvalue weighted by Crippen LogP contribution is -2.63. The topological polar surface area (TPSA) is 107 Å². The Morgan fingerprint density at radius 2 is 2.08 bits per heavy atom. The molecule has 2 aliphatic rings. The fourth-order valence-corrected chi connectivity index (χ4v) is 4.74. The molecule has 2 N–H and O–H groups in total. The van der Waals surface area contributed by atoms with E-state index in [2.05, 4.69) is 27.2 Å². The summed E-state index contributed by atoms with van der Waals surface area (Å²) in [6.45, 7) is 11.1. The lowest BCUT2D eigenvalue weighted by Gasteiger charge is -2.39. The molecule has 0 saturated heterocycles. The van der Waals surface area contributed by atoms with E-state index in [0.717, 1.165) is 12.8 Å². The highest BCUT2D eigenvalue weighted by atomic mass is 16.2. The van der Waals surface area contributed by atoms with Gasteiger partial charge in [-0.2, -0.15) is 0 Å². The molecule has 5 atom stereocenters. The summed E-state index contributed by atoms with van der Waals surface area (Å²) in [6.07, 6.45) is 4.57. The molecule has 0 aromatic rings. The molecule has 2 rings (SSSR count). The van der Waals surface area contributed by atoms with Gasteiger partial charge in [0.1, 0.15) is 5.54 Å². The summed E-state index contributed by atoms with van der Waals surface area (Å²) < 4.78 is 0. The van der Waals surface area contributed by atoms with E-state index in [1.807, 2.05) is 26.8 Å². The molecule has 25 heavy (non-hydrogen) atoms. The Morgan fingerprint density at radius 1 is 1.40 bits per heavy atom. The van der Waals surface area contributed by atoms with Crippen molar-refractivity contribution in [2.75, 3.05) is 0 Å². The van der Waals surface area contributed by atoms with Crippen LogP contribution in [0.5, 0.6) is 0 Å². The Balaban J connectivity index is 2.38. The molecular weight excluding hydrogens is 318 g/mol. The molecule has 0 unspecified atom stereocenters. The molecule has 0 bridgehead atoms. The molecule has 7 nitrogen and oxygen atoms in total. The maximum atomic E-state index is 13.2. The zero-order valence-corrected chi connectivity index (χ0v) is 15.6. The lowest BCUT2D eigenvalue weighted by atomic mass is 9.78. The molecule has 0 aromatic heterocycles. The third kappa shape index (κ3) is 3.98. The van der Waals surface area contributed by atoms with E-state index in [1.54, 1.807) is 0 Å².